The average Bonchev–Trinajstić information content (AvgIpc) is 2.93. The van der Waals surface area contributed by atoms with Gasteiger partial charge in [-0.2, -0.15) is 0 Å². The van der Waals surface area contributed by atoms with Crippen molar-refractivity contribution in [3.8, 4) is 0 Å². The van der Waals surface area contributed by atoms with E-state index in [1.165, 1.54) is 0 Å². The molecule has 3 atom stereocenters. The van der Waals surface area contributed by atoms with Crippen molar-refractivity contribution in [3.63, 3.8) is 0 Å². The Morgan fingerprint density at radius 1 is 1.30 bits per heavy atom. The topological polar surface area (TPSA) is 79.5 Å². The van der Waals surface area contributed by atoms with Gasteiger partial charge in [0.05, 0.1) is 19.1 Å². The van der Waals surface area contributed by atoms with Gasteiger partial charge in [0.15, 0.2) is 0 Å². The Balaban J connectivity index is 1.40. The van der Waals surface area contributed by atoms with E-state index in [0.29, 0.717) is 6.42 Å². The number of fused-ring (bicyclic) bond motifs is 2. The number of carbonyl (C=O) groups is 2. The molecule has 2 aliphatic heterocycles. The van der Waals surface area contributed by atoms with E-state index in [1.807, 2.05) is 18.2 Å². The zero-order valence-electron chi connectivity index (χ0n) is 12.9. The van der Waals surface area contributed by atoms with Crippen LogP contribution in [0.2, 0.25) is 0 Å². The van der Waals surface area contributed by atoms with Crippen molar-refractivity contribution in [2.75, 3.05) is 23.8 Å². The third kappa shape index (κ3) is 2.96. The predicted molar refractivity (Wildman–Crippen MR) is 86.3 cm³/mol. The number of benzene rings is 1. The van der Waals surface area contributed by atoms with Crippen LogP contribution >= 0.6 is 0 Å². The van der Waals surface area contributed by atoms with Crippen LogP contribution < -0.4 is 16.0 Å². The van der Waals surface area contributed by atoms with E-state index in [0.717, 1.165) is 49.4 Å². The molecule has 1 aliphatic carbocycles. The summed E-state index contributed by atoms with van der Waals surface area (Å²) in [6.45, 7) is 1.63. The van der Waals surface area contributed by atoms with Gasteiger partial charge < -0.3 is 20.7 Å². The minimum absolute atomic E-state index is 0.00479. The maximum absolute atomic E-state index is 12.5. The number of hydrogen-bond acceptors (Lipinski definition) is 4. The molecule has 0 aromatic heterocycles. The van der Waals surface area contributed by atoms with Gasteiger partial charge in [-0.05, 0) is 43.0 Å². The summed E-state index contributed by atoms with van der Waals surface area (Å²) in [4.78, 5) is 23.9. The SMILES string of the molecule is O=C1Cc2cc(NC(=O)[C@H]3CC[C@H]4OCCN[C@@H]4C3)ccc2N1. The number of ether oxygens (including phenoxy) is 1. The lowest BCUT2D eigenvalue weighted by Gasteiger charge is -2.39. The molecule has 2 amide bonds. The van der Waals surface area contributed by atoms with E-state index >= 15 is 0 Å². The van der Waals surface area contributed by atoms with Crippen molar-refractivity contribution in [1.82, 2.24) is 5.32 Å². The molecule has 2 heterocycles. The molecule has 3 aliphatic rings. The molecule has 1 aromatic carbocycles. The second-order valence-electron chi connectivity index (χ2n) is 6.57. The van der Waals surface area contributed by atoms with Gasteiger partial charge in [-0.3, -0.25) is 9.59 Å². The van der Waals surface area contributed by atoms with Crippen LogP contribution in [-0.2, 0) is 20.7 Å². The van der Waals surface area contributed by atoms with Gasteiger partial charge in [0, 0.05) is 29.9 Å². The van der Waals surface area contributed by atoms with Gasteiger partial charge in [0.1, 0.15) is 0 Å². The highest BCUT2D eigenvalue weighted by atomic mass is 16.5. The van der Waals surface area contributed by atoms with Crippen LogP contribution in [0, 0.1) is 5.92 Å². The average molecular weight is 315 g/mol. The molecule has 6 nitrogen and oxygen atoms in total. The quantitative estimate of drug-likeness (QED) is 0.768. The van der Waals surface area contributed by atoms with E-state index in [9.17, 15) is 9.59 Å². The molecular weight excluding hydrogens is 294 g/mol. The van der Waals surface area contributed by atoms with Crippen molar-refractivity contribution in [3.05, 3.63) is 23.8 Å². The Kier molecular flexibility index (Phi) is 3.79. The number of anilines is 2. The molecule has 4 rings (SSSR count). The lowest BCUT2D eigenvalue weighted by molar-refractivity contribution is -0.123. The molecule has 2 fully saturated rings. The molecule has 0 unspecified atom stereocenters. The van der Waals surface area contributed by atoms with Crippen molar-refractivity contribution >= 4 is 23.2 Å². The van der Waals surface area contributed by atoms with E-state index < -0.39 is 0 Å². The number of rotatable bonds is 2. The summed E-state index contributed by atoms with van der Waals surface area (Å²) in [6.07, 6.45) is 3.25. The first-order valence-corrected chi connectivity index (χ1v) is 8.27. The number of nitrogens with one attached hydrogen (secondary N) is 3. The van der Waals surface area contributed by atoms with Crippen LogP contribution in [0.15, 0.2) is 18.2 Å². The largest absolute Gasteiger partial charge is 0.375 e. The first-order valence-electron chi connectivity index (χ1n) is 8.27. The summed E-state index contributed by atoms with van der Waals surface area (Å²) in [5.74, 6) is 0.0803. The van der Waals surface area contributed by atoms with Crippen LogP contribution in [-0.4, -0.2) is 37.1 Å². The molecular formula is C17H21N3O3. The Hall–Kier alpha value is -1.92. The molecule has 1 saturated carbocycles. The fourth-order valence-corrected chi connectivity index (χ4v) is 3.80. The number of amides is 2. The first-order chi connectivity index (χ1) is 11.2. The summed E-state index contributed by atoms with van der Waals surface area (Å²) >= 11 is 0. The molecule has 0 radical (unpaired) electrons. The third-order valence-corrected chi connectivity index (χ3v) is 5.00. The lowest BCUT2D eigenvalue weighted by atomic mass is 9.82. The normalized spacial score (nSPS) is 29.4. The molecule has 6 heteroatoms. The summed E-state index contributed by atoms with van der Waals surface area (Å²) in [5, 5.41) is 9.26. The third-order valence-electron chi connectivity index (χ3n) is 5.00. The number of hydrogen-bond donors (Lipinski definition) is 3. The summed E-state index contributed by atoms with van der Waals surface area (Å²) in [6, 6.07) is 5.87. The highest BCUT2D eigenvalue weighted by molar-refractivity contribution is 6.00. The Morgan fingerprint density at radius 2 is 2.22 bits per heavy atom. The second-order valence-corrected chi connectivity index (χ2v) is 6.57. The van der Waals surface area contributed by atoms with E-state index in [4.69, 9.17) is 4.74 Å². The van der Waals surface area contributed by atoms with Crippen molar-refractivity contribution in [1.29, 1.82) is 0 Å². The van der Waals surface area contributed by atoms with Gasteiger partial charge in [-0.1, -0.05) is 0 Å². The fourth-order valence-electron chi connectivity index (χ4n) is 3.80. The molecule has 0 spiro atoms. The van der Waals surface area contributed by atoms with Crippen molar-refractivity contribution in [2.45, 2.75) is 37.8 Å². The maximum Gasteiger partial charge on any atom is 0.228 e. The van der Waals surface area contributed by atoms with Crippen LogP contribution in [0.1, 0.15) is 24.8 Å². The van der Waals surface area contributed by atoms with Gasteiger partial charge in [-0.15, -0.1) is 0 Å². The Labute approximate surface area is 135 Å². The van der Waals surface area contributed by atoms with Gasteiger partial charge >= 0.3 is 0 Å². The summed E-state index contributed by atoms with van der Waals surface area (Å²) < 4.78 is 5.76. The minimum atomic E-state index is 0.00479. The van der Waals surface area contributed by atoms with Gasteiger partial charge in [0.2, 0.25) is 11.8 Å². The zero-order chi connectivity index (χ0) is 15.8. The Bertz CT molecular complexity index is 646. The van der Waals surface area contributed by atoms with Crippen LogP contribution in [0.3, 0.4) is 0 Å². The molecule has 1 saturated heterocycles. The second kappa shape index (κ2) is 5.94. The predicted octanol–water partition coefficient (Wildman–Crippen LogP) is 1.28. The highest BCUT2D eigenvalue weighted by Crippen LogP contribution is 2.30. The molecule has 1 aromatic rings. The minimum Gasteiger partial charge on any atom is -0.375 e. The highest BCUT2D eigenvalue weighted by Gasteiger charge is 2.35. The molecule has 122 valence electrons. The van der Waals surface area contributed by atoms with Crippen LogP contribution in [0.5, 0.6) is 0 Å². The van der Waals surface area contributed by atoms with Crippen LogP contribution in [0.4, 0.5) is 11.4 Å². The van der Waals surface area contributed by atoms with E-state index in [1.54, 1.807) is 0 Å². The van der Waals surface area contributed by atoms with Crippen molar-refractivity contribution in [2.24, 2.45) is 5.92 Å². The number of carbonyl (C=O) groups excluding carboxylic acids is 2. The smallest absolute Gasteiger partial charge is 0.228 e. The standard InChI is InChI=1S/C17H21N3O3/c21-16-9-11-7-12(2-3-13(11)20-16)19-17(22)10-1-4-15-14(8-10)18-5-6-23-15/h2-3,7,10,14-15,18H,1,4-6,8-9H2,(H,19,22)(H,20,21)/t10-,14+,15+/m0/s1. The molecule has 0 bridgehead atoms. The van der Waals surface area contributed by atoms with Crippen LogP contribution in [0.25, 0.3) is 0 Å². The summed E-state index contributed by atoms with van der Waals surface area (Å²) in [5.41, 5.74) is 2.55. The van der Waals surface area contributed by atoms with Gasteiger partial charge in [-0.25, -0.2) is 0 Å². The first kappa shape index (κ1) is 14.7. The van der Waals surface area contributed by atoms with Gasteiger partial charge in [0.25, 0.3) is 0 Å². The Morgan fingerprint density at radius 3 is 3.13 bits per heavy atom. The number of morpholine rings is 1. The fraction of sp³-hybridized carbons (Fsp3) is 0.529. The monoisotopic (exact) mass is 315 g/mol. The van der Waals surface area contributed by atoms with E-state index in [2.05, 4.69) is 16.0 Å². The zero-order valence-corrected chi connectivity index (χ0v) is 12.9. The van der Waals surface area contributed by atoms with E-state index in [-0.39, 0.29) is 29.9 Å². The lowest BCUT2D eigenvalue weighted by Crippen LogP contribution is -2.52. The summed E-state index contributed by atoms with van der Waals surface area (Å²) in [7, 11) is 0. The molecule has 3 N–H and O–H groups in total. The maximum atomic E-state index is 12.5. The molecule has 23 heavy (non-hydrogen) atoms. The van der Waals surface area contributed by atoms with Crippen molar-refractivity contribution < 1.29 is 14.3 Å².